The molecule has 2 aromatic rings. The minimum absolute atomic E-state index is 0.111. The summed E-state index contributed by atoms with van der Waals surface area (Å²) >= 11 is 0. The molecule has 0 spiro atoms. The van der Waals surface area contributed by atoms with E-state index in [2.05, 4.69) is 35.8 Å². The SMILES string of the molecule is CCc1nc(CC)n(Cc2ccc(C#CCO)cc2)n1. The molecule has 0 atom stereocenters. The average Bonchev–Trinajstić information content (AvgIpc) is 2.88. The summed E-state index contributed by atoms with van der Waals surface area (Å²) < 4.78 is 1.97. The van der Waals surface area contributed by atoms with E-state index in [0.717, 1.165) is 36.6 Å². The molecule has 4 heteroatoms. The van der Waals surface area contributed by atoms with Crippen LogP contribution in [0.5, 0.6) is 0 Å². The van der Waals surface area contributed by atoms with Gasteiger partial charge in [-0.3, -0.25) is 0 Å². The Morgan fingerprint density at radius 1 is 1.15 bits per heavy atom. The Kier molecular flexibility index (Phi) is 4.91. The Hall–Kier alpha value is -2.12. The third kappa shape index (κ3) is 3.46. The molecule has 0 unspecified atom stereocenters. The second kappa shape index (κ2) is 6.88. The molecule has 0 aliphatic carbocycles. The maximum atomic E-state index is 8.67. The van der Waals surface area contributed by atoms with Crippen LogP contribution in [0.4, 0.5) is 0 Å². The molecule has 1 aromatic heterocycles. The van der Waals surface area contributed by atoms with Gasteiger partial charge in [0.15, 0.2) is 5.82 Å². The number of hydrogen-bond donors (Lipinski definition) is 1. The van der Waals surface area contributed by atoms with E-state index >= 15 is 0 Å². The third-order valence-corrected chi connectivity index (χ3v) is 3.02. The van der Waals surface area contributed by atoms with Gasteiger partial charge in [-0.1, -0.05) is 37.8 Å². The molecule has 1 heterocycles. The van der Waals surface area contributed by atoms with Gasteiger partial charge in [-0.15, -0.1) is 0 Å². The first-order valence-electron chi connectivity index (χ1n) is 6.88. The zero-order valence-corrected chi connectivity index (χ0v) is 11.9. The normalized spacial score (nSPS) is 10.2. The fourth-order valence-electron chi connectivity index (χ4n) is 1.97. The van der Waals surface area contributed by atoms with Crippen LogP contribution < -0.4 is 0 Å². The molecule has 0 bridgehead atoms. The van der Waals surface area contributed by atoms with E-state index in [1.54, 1.807) is 0 Å². The summed E-state index contributed by atoms with van der Waals surface area (Å²) in [6.07, 6.45) is 1.74. The van der Waals surface area contributed by atoms with E-state index in [1.165, 1.54) is 5.56 Å². The number of aryl methyl sites for hydroxylation is 2. The number of aliphatic hydroxyl groups excluding tert-OH is 1. The first kappa shape index (κ1) is 14.3. The second-order valence-electron chi connectivity index (χ2n) is 4.47. The zero-order valence-electron chi connectivity index (χ0n) is 11.9. The van der Waals surface area contributed by atoms with Crippen LogP contribution in [0.2, 0.25) is 0 Å². The maximum absolute atomic E-state index is 8.67. The quantitative estimate of drug-likeness (QED) is 0.861. The molecule has 4 nitrogen and oxygen atoms in total. The highest BCUT2D eigenvalue weighted by Gasteiger charge is 2.07. The number of nitrogens with zero attached hydrogens (tertiary/aromatic N) is 3. The van der Waals surface area contributed by atoms with Gasteiger partial charge in [0.25, 0.3) is 0 Å². The predicted octanol–water partition coefficient (Wildman–Crippen LogP) is 1.79. The van der Waals surface area contributed by atoms with E-state index in [9.17, 15) is 0 Å². The van der Waals surface area contributed by atoms with Gasteiger partial charge in [0.1, 0.15) is 12.4 Å². The molecule has 1 N–H and O–H groups in total. The molecule has 2 rings (SSSR count). The number of aliphatic hydroxyl groups is 1. The van der Waals surface area contributed by atoms with Crippen molar-refractivity contribution in [1.29, 1.82) is 0 Å². The van der Waals surface area contributed by atoms with Gasteiger partial charge in [0.2, 0.25) is 0 Å². The highest BCUT2D eigenvalue weighted by molar-refractivity contribution is 5.36. The lowest BCUT2D eigenvalue weighted by molar-refractivity contribution is 0.350. The first-order chi connectivity index (χ1) is 9.76. The van der Waals surface area contributed by atoms with Gasteiger partial charge in [0, 0.05) is 18.4 Å². The molecule has 0 fully saturated rings. The lowest BCUT2D eigenvalue weighted by Gasteiger charge is -2.04. The summed E-state index contributed by atoms with van der Waals surface area (Å²) in [7, 11) is 0. The second-order valence-corrected chi connectivity index (χ2v) is 4.47. The molecular formula is C16H19N3O. The Balaban J connectivity index is 2.15. The average molecular weight is 269 g/mol. The molecule has 0 radical (unpaired) electrons. The minimum atomic E-state index is -0.111. The fraction of sp³-hybridized carbons (Fsp3) is 0.375. The molecule has 104 valence electrons. The van der Waals surface area contributed by atoms with Crippen molar-refractivity contribution in [3.05, 3.63) is 47.0 Å². The molecule has 20 heavy (non-hydrogen) atoms. The Morgan fingerprint density at radius 2 is 1.90 bits per heavy atom. The van der Waals surface area contributed by atoms with Crippen LogP contribution in [0.15, 0.2) is 24.3 Å². The van der Waals surface area contributed by atoms with Crippen molar-refractivity contribution in [3.8, 4) is 11.8 Å². The molecule has 0 saturated heterocycles. The monoisotopic (exact) mass is 269 g/mol. The summed E-state index contributed by atoms with van der Waals surface area (Å²) in [5.41, 5.74) is 2.08. The van der Waals surface area contributed by atoms with Gasteiger partial charge >= 0.3 is 0 Å². The highest BCUT2D eigenvalue weighted by Crippen LogP contribution is 2.08. The maximum Gasteiger partial charge on any atom is 0.150 e. The summed E-state index contributed by atoms with van der Waals surface area (Å²) in [4.78, 5) is 4.50. The van der Waals surface area contributed by atoms with Crippen LogP contribution in [-0.2, 0) is 19.4 Å². The highest BCUT2D eigenvalue weighted by atomic mass is 16.2. The molecule has 0 aliphatic heterocycles. The summed E-state index contributed by atoms with van der Waals surface area (Å²) in [5, 5.41) is 13.2. The number of benzene rings is 1. The molecular weight excluding hydrogens is 250 g/mol. The molecule has 0 saturated carbocycles. The van der Waals surface area contributed by atoms with Gasteiger partial charge in [-0.2, -0.15) is 5.10 Å². The number of aromatic nitrogens is 3. The Bertz CT molecular complexity index is 617. The van der Waals surface area contributed by atoms with Gasteiger partial charge in [-0.25, -0.2) is 9.67 Å². The van der Waals surface area contributed by atoms with E-state index < -0.39 is 0 Å². The topological polar surface area (TPSA) is 50.9 Å². The van der Waals surface area contributed by atoms with Gasteiger partial charge in [-0.05, 0) is 17.7 Å². The standard InChI is InChI=1S/C16H19N3O/c1-3-15-17-16(4-2)19(18-15)12-14-9-7-13(8-10-14)6-5-11-20/h7-10,20H,3-4,11-12H2,1-2H3. The lowest BCUT2D eigenvalue weighted by atomic mass is 10.1. The van der Waals surface area contributed by atoms with E-state index in [0.29, 0.717) is 0 Å². The predicted molar refractivity (Wildman–Crippen MR) is 78.3 cm³/mol. The minimum Gasteiger partial charge on any atom is -0.384 e. The van der Waals surface area contributed by atoms with Gasteiger partial charge < -0.3 is 5.11 Å². The van der Waals surface area contributed by atoms with Crippen molar-refractivity contribution in [2.75, 3.05) is 6.61 Å². The molecule has 1 aromatic carbocycles. The largest absolute Gasteiger partial charge is 0.384 e. The van der Waals surface area contributed by atoms with Crippen LogP contribution in [0.25, 0.3) is 0 Å². The van der Waals surface area contributed by atoms with Crippen molar-refractivity contribution >= 4 is 0 Å². The zero-order chi connectivity index (χ0) is 14.4. The van der Waals surface area contributed by atoms with Crippen molar-refractivity contribution in [3.63, 3.8) is 0 Å². The number of hydrogen-bond acceptors (Lipinski definition) is 3. The number of rotatable bonds is 4. The van der Waals surface area contributed by atoms with E-state index in [4.69, 9.17) is 5.11 Å². The first-order valence-corrected chi connectivity index (χ1v) is 6.88. The van der Waals surface area contributed by atoms with Crippen LogP contribution in [0.3, 0.4) is 0 Å². The van der Waals surface area contributed by atoms with Crippen molar-refractivity contribution in [1.82, 2.24) is 14.8 Å². The van der Waals surface area contributed by atoms with Crippen LogP contribution in [0.1, 0.15) is 36.6 Å². The van der Waals surface area contributed by atoms with Crippen LogP contribution >= 0.6 is 0 Å². The fourth-order valence-corrected chi connectivity index (χ4v) is 1.97. The van der Waals surface area contributed by atoms with E-state index in [-0.39, 0.29) is 6.61 Å². The van der Waals surface area contributed by atoms with Crippen molar-refractivity contribution < 1.29 is 5.11 Å². The lowest BCUT2D eigenvalue weighted by Crippen LogP contribution is -2.06. The Labute approximate surface area is 119 Å². The Morgan fingerprint density at radius 3 is 2.50 bits per heavy atom. The third-order valence-electron chi connectivity index (χ3n) is 3.02. The molecule has 0 amide bonds. The summed E-state index contributed by atoms with van der Waals surface area (Å²) in [6.45, 7) is 4.77. The van der Waals surface area contributed by atoms with Crippen LogP contribution in [-0.4, -0.2) is 26.5 Å². The summed E-state index contributed by atoms with van der Waals surface area (Å²) in [6, 6.07) is 7.99. The van der Waals surface area contributed by atoms with E-state index in [1.807, 2.05) is 28.9 Å². The molecule has 0 aliphatic rings. The van der Waals surface area contributed by atoms with Gasteiger partial charge in [0.05, 0.1) is 6.54 Å². The van der Waals surface area contributed by atoms with Crippen LogP contribution in [0, 0.1) is 11.8 Å². The van der Waals surface area contributed by atoms with Crippen molar-refractivity contribution in [2.45, 2.75) is 33.2 Å². The summed E-state index contributed by atoms with van der Waals surface area (Å²) in [5.74, 6) is 7.44. The van der Waals surface area contributed by atoms with Crippen molar-refractivity contribution in [2.24, 2.45) is 0 Å². The smallest absolute Gasteiger partial charge is 0.150 e.